The second kappa shape index (κ2) is 6.65. The van der Waals surface area contributed by atoms with Gasteiger partial charge in [-0.05, 0) is 6.42 Å². The van der Waals surface area contributed by atoms with Crippen molar-refractivity contribution in [3.63, 3.8) is 0 Å². The third-order valence-electron chi connectivity index (χ3n) is 2.64. The minimum Gasteiger partial charge on any atom is -0.379 e. The summed E-state index contributed by atoms with van der Waals surface area (Å²) < 4.78 is 5.28. The number of aromatic nitrogens is 2. The molecular weight excluding hydrogens is 252 g/mol. The molecule has 0 unspecified atom stereocenters. The van der Waals surface area contributed by atoms with Crippen LogP contribution in [0.25, 0.3) is 0 Å². The zero-order valence-electron chi connectivity index (χ0n) is 10.5. The molecule has 0 spiro atoms. The molecule has 1 aliphatic rings. The van der Waals surface area contributed by atoms with E-state index in [9.17, 15) is 4.79 Å². The van der Waals surface area contributed by atoms with Crippen LogP contribution in [0.5, 0.6) is 0 Å². The Bertz CT molecular complexity index is 396. The highest BCUT2D eigenvalue weighted by molar-refractivity contribution is 7.15. The van der Waals surface area contributed by atoms with Gasteiger partial charge in [0.25, 0.3) is 0 Å². The fraction of sp³-hybridized carbons (Fsp3) is 0.727. The van der Waals surface area contributed by atoms with E-state index in [1.54, 1.807) is 4.90 Å². The molecule has 1 N–H and O–H groups in total. The number of nitrogens with zero attached hydrogens (tertiary/aromatic N) is 3. The van der Waals surface area contributed by atoms with E-state index in [0.29, 0.717) is 32.7 Å². The van der Waals surface area contributed by atoms with Crippen LogP contribution in [-0.2, 0) is 16.1 Å². The van der Waals surface area contributed by atoms with Crippen LogP contribution in [0, 0.1) is 0 Å². The third-order valence-corrected chi connectivity index (χ3v) is 3.50. The molecule has 2 heterocycles. The number of hydrogen-bond acceptors (Lipinski definition) is 6. The topological polar surface area (TPSA) is 67.3 Å². The first-order valence-electron chi connectivity index (χ1n) is 6.21. The van der Waals surface area contributed by atoms with Gasteiger partial charge < -0.3 is 15.0 Å². The molecule has 100 valence electrons. The van der Waals surface area contributed by atoms with Gasteiger partial charge in [-0.2, -0.15) is 0 Å². The normalized spacial score (nSPS) is 16.7. The molecule has 18 heavy (non-hydrogen) atoms. The van der Waals surface area contributed by atoms with E-state index in [1.807, 2.05) is 0 Å². The van der Waals surface area contributed by atoms with Gasteiger partial charge in [-0.1, -0.05) is 18.3 Å². The Morgan fingerprint density at radius 1 is 1.44 bits per heavy atom. The van der Waals surface area contributed by atoms with E-state index in [4.69, 9.17) is 4.74 Å². The summed E-state index contributed by atoms with van der Waals surface area (Å²) in [6.45, 7) is 5.29. The quantitative estimate of drug-likeness (QED) is 0.868. The number of carbonyl (C=O) groups excluding carboxylic acids is 1. The SMILES string of the molecule is CCCNc1nnc(CN2CCOCCC2=O)s1. The largest absolute Gasteiger partial charge is 0.379 e. The van der Waals surface area contributed by atoms with Crippen molar-refractivity contribution >= 4 is 22.4 Å². The molecule has 1 fully saturated rings. The minimum absolute atomic E-state index is 0.130. The second-order valence-corrected chi connectivity index (χ2v) is 5.17. The molecule has 1 aromatic rings. The Morgan fingerprint density at radius 3 is 3.17 bits per heavy atom. The molecule has 1 aromatic heterocycles. The molecule has 1 aliphatic heterocycles. The maximum absolute atomic E-state index is 11.8. The molecule has 6 nitrogen and oxygen atoms in total. The van der Waals surface area contributed by atoms with E-state index in [-0.39, 0.29) is 5.91 Å². The maximum atomic E-state index is 11.8. The lowest BCUT2D eigenvalue weighted by atomic mass is 10.4. The minimum atomic E-state index is 0.130. The molecule has 2 rings (SSSR count). The number of nitrogens with one attached hydrogen (secondary N) is 1. The number of carbonyl (C=O) groups is 1. The Balaban J connectivity index is 1.91. The standard InChI is InChI=1S/C11H18N4O2S/c1-2-4-12-11-14-13-9(18-11)8-15-5-7-17-6-3-10(15)16/h2-8H2,1H3,(H,12,14). The van der Waals surface area contributed by atoms with Crippen molar-refractivity contribution in [2.45, 2.75) is 26.3 Å². The predicted molar refractivity (Wildman–Crippen MR) is 69.5 cm³/mol. The Hall–Kier alpha value is -1.21. The first kappa shape index (κ1) is 13.2. The van der Waals surface area contributed by atoms with Crippen LogP contribution in [0.3, 0.4) is 0 Å². The number of rotatable bonds is 5. The van der Waals surface area contributed by atoms with Crippen molar-refractivity contribution in [1.29, 1.82) is 0 Å². The molecule has 0 aliphatic carbocycles. The molecule has 0 radical (unpaired) electrons. The van der Waals surface area contributed by atoms with Crippen LogP contribution in [0.1, 0.15) is 24.8 Å². The Kier molecular flexibility index (Phi) is 4.89. The molecule has 0 atom stereocenters. The zero-order valence-corrected chi connectivity index (χ0v) is 11.3. The lowest BCUT2D eigenvalue weighted by molar-refractivity contribution is -0.131. The van der Waals surface area contributed by atoms with E-state index in [1.165, 1.54) is 11.3 Å². The fourth-order valence-corrected chi connectivity index (χ4v) is 2.45. The lowest BCUT2D eigenvalue weighted by Crippen LogP contribution is -2.31. The molecule has 0 bridgehead atoms. The molecule has 1 amide bonds. The zero-order chi connectivity index (χ0) is 12.8. The first-order valence-corrected chi connectivity index (χ1v) is 7.03. The second-order valence-electron chi connectivity index (χ2n) is 4.11. The van der Waals surface area contributed by atoms with Crippen molar-refractivity contribution in [1.82, 2.24) is 15.1 Å². The van der Waals surface area contributed by atoms with Gasteiger partial charge in [-0.15, -0.1) is 10.2 Å². The highest BCUT2D eigenvalue weighted by Crippen LogP contribution is 2.17. The van der Waals surface area contributed by atoms with E-state index in [2.05, 4.69) is 22.4 Å². The Morgan fingerprint density at radius 2 is 2.33 bits per heavy atom. The summed E-state index contributed by atoms with van der Waals surface area (Å²) in [5.41, 5.74) is 0. The van der Waals surface area contributed by atoms with Gasteiger partial charge in [0.05, 0.1) is 26.2 Å². The monoisotopic (exact) mass is 270 g/mol. The average molecular weight is 270 g/mol. The molecule has 0 saturated carbocycles. The average Bonchev–Trinajstić information content (AvgIpc) is 2.72. The number of amides is 1. The van der Waals surface area contributed by atoms with Gasteiger partial charge in [0.15, 0.2) is 0 Å². The molecular formula is C11H18N4O2S. The smallest absolute Gasteiger partial charge is 0.225 e. The summed E-state index contributed by atoms with van der Waals surface area (Å²) in [6, 6.07) is 0. The molecule has 1 saturated heterocycles. The van der Waals surface area contributed by atoms with Crippen LogP contribution >= 0.6 is 11.3 Å². The highest BCUT2D eigenvalue weighted by Gasteiger charge is 2.18. The van der Waals surface area contributed by atoms with Crippen molar-refractivity contribution in [3.05, 3.63) is 5.01 Å². The summed E-state index contributed by atoms with van der Waals surface area (Å²) in [4.78, 5) is 13.6. The molecule has 7 heteroatoms. The van der Waals surface area contributed by atoms with Crippen LogP contribution in [0.2, 0.25) is 0 Å². The summed E-state index contributed by atoms with van der Waals surface area (Å²) in [5, 5.41) is 13.0. The summed E-state index contributed by atoms with van der Waals surface area (Å²) in [6.07, 6.45) is 1.51. The highest BCUT2D eigenvalue weighted by atomic mass is 32.1. The van der Waals surface area contributed by atoms with Gasteiger partial charge in [0.1, 0.15) is 5.01 Å². The van der Waals surface area contributed by atoms with E-state index < -0.39 is 0 Å². The van der Waals surface area contributed by atoms with Crippen LogP contribution in [-0.4, -0.2) is 47.3 Å². The summed E-state index contributed by atoms with van der Waals surface area (Å²) in [5.74, 6) is 0.130. The van der Waals surface area contributed by atoms with Gasteiger partial charge in [-0.3, -0.25) is 4.79 Å². The first-order chi connectivity index (χ1) is 8.79. The summed E-state index contributed by atoms with van der Waals surface area (Å²) in [7, 11) is 0. The van der Waals surface area contributed by atoms with Crippen LogP contribution < -0.4 is 5.32 Å². The van der Waals surface area contributed by atoms with Crippen molar-refractivity contribution in [2.75, 3.05) is 31.6 Å². The van der Waals surface area contributed by atoms with Gasteiger partial charge in [0, 0.05) is 13.1 Å². The maximum Gasteiger partial charge on any atom is 0.225 e. The van der Waals surface area contributed by atoms with Crippen LogP contribution in [0.15, 0.2) is 0 Å². The number of anilines is 1. The van der Waals surface area contributed by atoms with Crippen molar-refractivity contribution in [3.8, 4) is 0 Å². The van der Waals surface area contributed by atoms with Gasteiger partial charge in [0.2, 0.25) is 11.0 Å². The molecule has 0 aromatic carbocycles. The number of ether oxygens (including phenoxy) is 1. The van der Waals surface area contributed by atoms with Gasteiger partial charge in [-0.25, -0.2) is 0 Å². The summed E-state index contributed by atoms with van der Waals surface area (Å²) >= 11 is 1.51. The Labute approximate surface area is 110 Å². The predicted octanol–water partition coefficient (Wildman–Crippen LogP) is 1.11. The van der Waals surface area contributed by atoms with E-state index in [0.717, 1.165) is 23.1 Å². The number of hydrogen-bond donors (Lipinski definition) is 1. The fourth-order valence-electron chi connectivity index (χ4n) is 1.67. The van der Waals surface area contributed by atoms with Crippen molar-refractivity contribution in [2.24, 2.45) is 0 Å². The van der Waals surface area contributed by atoms with Crippen molar-refractivity contribution < 1.29 is 9.53 Å². The third kappa shape index (κ3) is 3.64. The lowest BCUT2D eigenvalue weighted by Gasteiger charge is -2.17. The van der Waals surface area contributed by atoms with Crippen LogP contribution in [0.4, 0.5) is 5.13 Å². The van der Waals surface area contributed by atoms with Gasteiger partial charge >= 0.3 is 0 Å². The van der Waals surface area contributed by atoms with E-state index >= 15 is 0 Å².